The molecule has 2 aromatic rings. The molecular formula is C17H17Cl2FN2O3S. The first-order chi connectivity index (χ1) is 12.3. The van der Waals surface area contributed by atoms with Crippen LogP contribution in [0.5, 0.6) is 0 Å². The minimum atomic E-state index is -4.04. The number of likely N-dealkylation sites (N-methyl/N-ethyl adjacent to an activating group) is 1. The van der Waals surface area contributed by atoms with Gasteiger partial charge in [-0.3, -0.25) is 4.79 Å². The Hall–Kier alpha value is -1.67. The van der Waals surface area contributed by atoms with Crippen LogP contribution in [0.25, 0.3) is 0 Å². The van der Waals surface area contributed by atoms with Gasteiger partial charge in [-0.2, -0.15) is 4.31 Å². The van der Waals surface area contributed by atoms with Crippen LogP contribution < -0.4 is 5.32 Å². The lowest BCUT2D eigenvalue weighted by Crippen LogP contribution is -2.40. The quantitative estimate of drug-likeness (QED) is 0.748. The number of benzene rings is 2. The van der Waals surface area contributed by atoms with Gasteiger partial charge in [0.25, 0.3) is 0 Å². The van der Waals surface area contributed by atoms with E-state index >= 15 is 0 Å². The number of hydrogen-bond donors (Lipinski definition) is 1. The maximum atomic E-state index is 12.9. The first-order valence-corrected chi connectivity index (χ1v) is 9.90. The molecule has 0 aliphatic heterocycles. The Balaban J connectivity index is 2.10. The molecule has 0 aromatic heterocycles. The number of sulfonamides is 1. The minimum absolute atomic E-state index is 0.0114. The topological polar surface area (TPSA) is 66.5 Å². The Bertz CT molecular complexity index is 869. The van der Waals surface area contributed by atoms with Crippen LogP contribution in [-0.4, -0.2) is 31.7 Å². The molecule has 0 radical (unpaired) electrons. The molecule has 0 heterocycles. The molecule has 2 aromatic carbocycles. The second-order valence-corrected chi connectivity index (χ2v) is 8.07. The summed E-state index contributed by atoms with van der Waals surface area (Å²) < 4.78 is 39.4. The lowest BCUT2D eigenvalue weighted by atomic mass is 10.2. The van der Waals surface area contributed by atoms with Gasteiger partial charge in [0, 0.05) is 13.1 Å². The first kappa shape index (κ1) is 20.6. The highest BCUT2D eigenvalue weighted by Crippen LogP contribution is 2.31. The van der Waals surface area contributed by atoms with Crippen molar-refractivity contribution in [2.45, 2.75) is 18.4 Å². The van der Waals surface area contributed by atoms with Gasteiger partial charge in [0.05, 0.1) is 16.6 Å². The molecule has 0 bridgehead atoms. The summed E-state index contributed by atoms with van der Waals surface area (Å²) in [7, 11) is -4.04. The molecule has 0 unspecified atom stereocenters. The van der Waals surface area contributed by atoms with Gasteiger partial charge >= 0.3 is 0 Å². The van der Waals surface area contributed by atoms with E-state index in [-0.39, 0.29) is 40.4 Å². The number of hydrogen-bond acceptors (Lipinski definition) is 3. The molecule has 9 heteroatoms. The van der Waals surface area contributed by atoms with Crippen LogP contribution in [0.3, 0.4) is 0 Å². The fourth-order valence-electron chi connectivity index (χ4n) is 2.24. The number of rotatable bonds is 7. The second-order valence-electron chi connectivity index (χ2n) is 5.39. The van der Waals surface area contributed by atoms with E-state index in [0.717, 1.165) is 4.31 Å². The van der Waals surface area contributed by atoms with E-state index in [9.17, 15) is 17.6 Å². The Labute approximate surface area is 161 Å². The van der Waals surface area contributed by atoms with Crippen molar-refractivity contribution < 1.29 is 17.6 Å². The van der Waals surface area contributed by atoms with Crippen molar-refractivity contribution in [3.63, 3.8) is 0 Å². The van der Waals surface area contributed by atoms with E-state index in [1.165, 1.54) is 42.5 Å². The average molecular weight is 419 g/mol. The average Bonchev–Trinajstić information content (AvgIpc) is 2.58. The molecular weight excluding hydrogens is 402 g/mol. The van der Waals surface area contributed by atoms with Crippen molar-refractivity contribution in [2.75, 3.05) is 13.1 Å². The van der Waals surface area contributed by atoms with Gasteiger partial charge in [0.1, 0.15) is 10.7 Å². The summed E-state index contributed by atoms with van der Waals surface area (Å²) in [5.41, 5.74) is 0.694. The van der Waals surface area contributed by atoms with Crippen LogP contribution in [0.1, 0.15) is 12.5 Å². The number of amides is 1. The van der Waals surface area contributed by atoms with Crippen LogP contribution in [0.15, 0.2) is 47.4 Å². The van der Waals surface area contributed by atoms with Crippen LogP contribution >= 0.6 is 23.2 Å². The van der Waals surface area contributed by atoms with Crippen molar-refractivity contribution in [1.82, 2.24) is 9.62 Å². The lowest BCUT2D eigenvalue weighted by molar-refractivity contribution is -0.121. The molecule has 0 atom stereocenters. The number of halogens is 3. The molecule has 5 nitrogen and oxygen atoms in total. The van der Waals surface area contributed by atoms with Gasteiger partial charge in [-0.15, -0.1) is 0 Å². The normalized spacial score (nSPS) is 11.6. The monoisotopic (exact) mass is 418 g/mol. The maximum Gasteiger partial charge on any atom is 0.246 e. The molecule has 0 fully saturated rings. The van der Waals surface area contributed by atoms with Crippen LogP contribution in [0, 0.1) is 5.82 Å². The highest BCUT2D eigenvalue weighted by atomic mass is 35.5. The summed E-state index contributed by atoms with van der Waals surface area (Å²) in [6, 6.07) is 10.0. The fraction of sp³-hybridized carbons (Fsp3) is 0.235. The molecule has 26 heavy (non-hydrogen) atoms. The van der Waals surface area contributed by atoms with Gasteiger partial charge < -0.3 is 5.32 Å². The highest BCUT2D eigenvalue weighted by Gasteiger charge is 2.29. The minimum Gasteiger partial charge on any atom is -0.351 e. The highest BCUT2D eigenvalue weighted by molar-refractivity contribution is 7.89. The summed E-state index contributed by atoms with van der Waals surface area (Å²) >= 11 is 12.0. The van der Waals surface area contributed by atoms with Crippen molar-refractivity contribution in [1.29, 1.82) is 0 Å². The Morgan fingerprint density at radius 1 is 1.12 bits per heavy atom. The van der Waals surface area contributed by atoms with E-state index in [1.54, 1.807) is 6.92 Å². The van der Waals surface area contributed by atoms with Gasteiger partial charge in [-0.1, -0.05) is 48.3 Å². The van der Waals surface area contributed by atoms with Crippen LogP contribution in [0.4, 0.5) is 4.39 Å². The third kappa shape index (κ3) is 4.94. The summed E-state index contributed by atoms with van der Waals surface area (Å²) in [4.78, 5) is 11.9. The number of carbonyl (C=O) groups is 1. The fourth-order valence-corrected chi connectivity index (χ4v) is 4.74. The van der Waals surface area contributed by atoms with Crippen LogP contribution in [-0.2, 0) is 21.4 Å². The predicted molar refractivity (Wildman–Crippen MR) is 99.1 cm³/mol. The Kier molecular flexibility index (Phi) is 7.00. The lowest BCUT2D eigenvalue weighted by Gasteiger charge is -2.21. The number of nitrogens with one attached hydrogen (secondary N) is 1. The Morgan fingerprint density at radius 3 is 2.23 bits per heavy atom. The van der Waals surface area contributed by atoms with E-state index in [2.05, 4.69) is 5.32 Å². The molecule has 0 saturated carbocycles. The molecule has 140 valence electrons. The van der Waals surface area contributed by atoms with Gasteiger partial charge in [0.2, 0.25) is 15.9 Å². The molecule has 0 saturated heterocycles. The number of carbonyl (C=O) groups excluding carboxylic acids is 1. The van der Waals surface area contributed by atoms with E-state index < -0.39 is 15.9 Å². The zero-order valence-corrected chi connectivity index (χ0v) is 16.2. The molecule has 1 amide bonds. The largest absolute Gasteiger partial charge is 0.351 e. The molecule has 1 N–H and O–H groups in total. The predicted octanol–water partition coefficient (Wildman–Crippen LogP) is 3.46. The van der Waals surface area contributed by atoms with Gasteiger partial charge in [-0.05, 0) is 29.8 Å². The van der Waals surface area contributed by atoms with Gasteiger partial charge in [-0.25, -0.2) is 12.8 Å². The summed E-state index contributed by atoms with van der Waals surface area (Å²) in [5, 5.41) is 2.58. The van der Waals surface area contributed by atoms with E-state index in [0.29, 0.717) is 5.56 Å². The van der Waals surface area contributed by atoms with Gasteiger partial charge in [0.15, 0.2) is 0 Å². The first-order valence-electron chi connectivity index (χ1n) is 7.71. The standard InChI is InChI=1S/C17H17Cl2FN2O3S/c1-2-22(26(24,25)17-14(18)4-3-5-15(17)19)11-16(23)21-10-12-6-8-13(20)9-7-12/h3-9H,2,10-11H2,1H3,(H,21,23). The van der Waals surface area contributed by atoms with Crippen molar-refractivity contribution in [3.8, 4) is 0 Å². The smallest absolute Gasteiger partial charge is 0.246 e. The second kappa shape index (κ2) is 8.81. The van der Waals surface area contributed by atoms with E-state index in [4.69, 9.17) is 23.2 Å². The summed E-state index contributed by atoms with van der Waals surface area (Å²) in [5.74, 6) is -0.872. The zero-order valence-electron chi connectivity index (χ0n) is 13.9. The van der Waals surface area contributed by atoms with Crippen molar-refractivity contribution in [3.05, 3.63) is 63.9 Å². The molecule has 2 rings (SSSR count). The SMILES string of the molecule is CCN(CC(=O)NCc1ccc(F)cc1)S(=O)(=O)c1c(Cl)cccc1Cl. The third-order valence-corrected chi connectivity index (χ3v) is 6.47. The van der Waals surface area contributed by atoms with Crippen molar-refractivity contribution in [2.24, 2.45) is 0 Å². The molecule has 0 spiro atoms. The maximum absolute atomic E-state index is 12.9. The van der Waals surface area contributed by atoms with Crippen LogP contribution in [0.2, 0.25) is 10.0 Å². The molecule has 0 aliphatic carbocycles. The number of nitrogens with zero attached hydrogens (tertiary/aromatic N) is 1. The summed E-state index contributed by atoms with van der Waals surface area (Å²) in [6.45, 7) is 1.44. The van der Waals surface area contributed by atoms with Crippen molar-refractivity contribution >= 4 is 39.1 Å². The Morgan fingerprint density at radius 2 is 1.69 bits per heavy atom. The molecule has 0 aliphatic rings. The third-order valence-electron chi connectivity index (χ3n) is 3.59. The summed E-state index contributed by atoms with van der Waals surface area (Å²) in [6.07, 6.45) is 0. The van der Waals surface area contributed by atoms with E-state index in [1.807, 2.05) is 0 Å². The zero-order chi connectivity index (χ0) is 19.3.